The average Bonchev–Trinajstić information content (AvgIpc) is 3.25. The van der Waals surface area contributed by atoms with E-state index in [0.717, 1.165) is 5.56 Å². The number of phenols is 1. The smallest absolute Gasteiger partial charge is 0.410 e. The van der Waals surface area contributed by atoms with Crippen molar-refractivity contribution in [2.75, 3.05) is 6.54 Å². The molecular weight excluding hydrogens is 505 g/mol. The maximum atomic E-state index is 13.2. The molecule has 3 amide bonds. The highest BCUT2D eigenvalue weighted by Crippen LogP contribution is 2.33. The molecule has 3 atom stereocenters. The molecule has 3 N–H and O–H groups in total. The molecule has 3 rings (SSSR count). The SMILES string of the molecule is C[C@H](NC(=O)[C@H]1C[C@H](c2ccccc2)CN1C(=O)OC(C)(C)C)C(=O)NCc1cc(Cl)cc(Cl)c1O. The molecule has 194 valence electrons. The Labute approximate surface area is 220 Å². The lowest BCUT2D eigenvalue weighted by molar-refractivity contribution is -0.131. The fraction of sp³-hybridized carbons (Fsp3) is 0.423. The number of halogens is 2. The van der Waals surface area contributed by atoms with Crippen LogP contribution in [-0.2, 0) is 20.9 Å². The summed E-state index contributed by atoms with van der Waals surface area (Å²) in [6.07, 6.45) is -0.176. The molecule has 0 radical (unpaired) electrons. The Morgan fingerprint density at radius 2 is 1.83 bits per heavy atom. The second-order valence-corrected chi connectivity index (χ2v) is 10.7. The van der Waals surface area contributed by atoms with Crippen LogP contribution in [0.1, 0.15) is 51.2 Å². The zero-order valence-electron chi connectivity index (χ0n) is 20.7. The molecule has 0 aliphatic carbocycles. The summed E-state index contributed by atoms with van der Waals surface area (Å²) in [4.78, 5) is 40.2. The number of benzene rings is 2. The Kier molecular flexibility index (Phi) is 8.74. The van der Waals surface area contributed by atoms with Crippen LogP contribution in [0.15, 0.2) is 42.5 Å². The number of aromatic hydroxyl groups is 1. The molecule has 1 saturated heterocycles. The van der Waals surface area contributed by atoms with Crippen molar-refractivity contribution in [3.8, 4) is 5.75 Å². The normalized spacial score (nSPS) is 18.4. The van der Waals surface area contributed by atoms with E-state index in [4.69, 9.17) is 27.9 Å². The van der Waals surface area contributed by atoms with Crippen LogP contribution in [0.5, 0.6) is 5.75 Å². The van der Waals surface area contributed by atoms with Crippen molar-refractivity contribution in [3.05, 3.63) is 63.6 Å². The summed E-state index contributed by atoms with van der Waals surface area (Å²) < 4.78 is 5.54. The standard InChI is InChI=1S/C26H31Cl2N3O5/c1-15(23(33)29-13-17-10-19(27)12-20(28)22(17)32)30-24(34)21-11-18(16-8-6-5-7-9-16)14-31(21)25(35)36-26(2,3)4/h5-10,12,15,18,21,32H,11,13-14H2,1-4H3,(H,29,33)(H,30,34)/t15-,18-,21+/m0/s1. The third-order valence-corrected chi connectivity index (χ3v) is 6.32. The monoisotopic (exact) mass is 535 g/mol. The number of ether oxygens (including phenoxy) is 1. The van der Waals surface area contributed by atoms with Crippen LogP contribution in [0.3, 0.4) is 0 Å². The first kappa shape index (κ1) is 27.6. The van der Waals surface area contributed by atoms with Gasteiger partial charge in [0.15, 0.2) is 0 Å². The van der Waals surface area contributed by atoms with Crippen LogP contribution < -0.4 is 10.6 Å². The molecule has 0 bridgehead atoms. The molecule has 0 unspecified atom stereocenters. The van der Waals surface area contributed by atoms with Gasteiger partial charge in [-0.1, -0.05) is 53.5 Å². The number of carbonyl (C=O) groups is 3. The fourth-order valence-electron chi connectivity index (χ4n) is 4.04. The molecule has 1 aliphatic heterocycles. The molecule has 36 heavy (non-hydrogen) atoms. The first-order valence-electron chi connectivity index (χ1n) is 11.6. The number of amides is 3. The predicted octanol–water partition coefficient (Wildman–Crippen LogP) is 4.61. The fourth-order valence-corrected chi connectivity index (χ4v) is 4.57. The van der Waals surface area contributed by atoms with Crippen molar-refractivity contribution in [1.29, 1.82) is 0 Å². The minimum Gasteiger partial charge on any atom is -0.506 e. The van der Waals surface area contributed by atoms with Crippen molar-refractivity contribution in [1.82, 2.24) is 15.5 Å². The number of carbonyl (C=O) groups excluding carboxylic acids is 3. The Bertz CT molecular complexity index is 1120. The Morgan fingerprint density at radius 3 is 2.47 bits per heavy atom. The Morgan fingerprint density at radius 1 is 1.17 bits per heavy atom. The summed E-state index contributed by atoms with van der Waals surface area (Å²) in [5.41, 5.74) is 0.648. The van der Waals surface area contributed by atoms with Crippen LogP contribution >= 0.6 is 23.2 Å². The summed E-state index contributed by atoms with van der Waals surface area (Å²) in [5, 5.41) is 15.8. The van der Waals surface area contributed by atoms with Gasteiger partial charge in [0.25, 0.3) is 0 Å². The van der Waals surface area contributed by atoms with Crippen molar-refractivity contribution in [2.24, 2.45) is 0 Å². The highest BCUT2D eigenvalue weighted by molar-refractivity contribution is 6.35. The van der Waals surface area contributed by atoms with E-state index in [1.807, 2.05) is 30.3 Å². The van der Waals surface area contributed by atoms with Crippen LogP contribution in [0.25, 0.3) is 0 Å². The number of nitrogens with one attached hydrogen (secondary N) is 2. The van der Waals surface area contributed by atoms with E-state index >= 15 is 0 Å². The van der Waals surface area contributed by atoms with Crippen LogP contribution in [-0.4, -0.2) is 52.1 Å². The van der Waals surface area contributed by atoms with Gasteiger partial charge in [0.1, 0.15) is 23.4 Å². The van der Waals surface area contributed by atoms with E-state index in [1.54, 1.807) is 27.7 Å². The molecule has 1 aliphatic rings. The number of nitrogens with zero attached hydrogens (tertiary/aromatic N) is 1. The van der Waals surface area contributed by atoms with Crippen molar-refractivity contribution in [2.45, 2.75) is 64.3 Å². The average molecular weight is 536 g/mol. The van der Waals surface area contributed by atoms with Gasteiger partial charge in [-0.2, -0.15) is 0 Å². The summed E-state index contributed by atoms with van der Waals surface area (Å²) in [6, 6.07) is 10.9. The lowest BCUT2D eigenvalue weighted by Gasteiger charge is -2.28. The van der Waals surface area contributed by atoms with E-state index in [2.05, 4.69) is 10.6 Å². The molecule has 10 heteroatoms. The van der Waals surface area contributed by atoms with Crippen LogP contribution in [0, 0.1) is 0 Å². The minimum atomic E-state index is -0.898. The van der Waals surface area contributed by atoms with Gasteiger partial charge in [-0.3, -0.25) is 14.5 Å². The van der Waals surface area contributed by atoms with Gasteiger partial charge in [0.05, 0.1) is 5.02 Å². The lowest BCUT2D eigenvalue weighted by Crippen LogP contribution is -2.52. The summed E-state index contributed by atoms with van der Waals surface area (Å²) in [5.74, 6) is -1.14. The van der Waals surface area contributed by atoms with Crippen molar-refractivity contribution < 1.29 is 24.2 Å². The van der Waals surface area contributed by atoms with Crippen molar-refractivity contribution in [3.63, 3.8) is 0 Å². The Hall–Kier alpha value is -2.97. The van der Waals surface area contributed by atoms with E-state index in [1.165, 1.54) is 17.0 Å². The van der Waals surface area contributed by atoms with E-state index in [0.29, 0.717) is 23.6 Å². The number of likely N-dealkylation sites (tertiary alicyclic amines) is 1. The van der Waals surface area contributed by atoms with Gasteiger partial charge in [0.2, 0.25) is 11.8 Å². The Balaban J connectivity index is 1.68. The molecule has 2 aromatic rings. The quantitative estimate of drug-likeness (QED) is 0.500. The first-order valence-corrected chi connectivity index (χ1v) is 12.4. The maximum absolute atomic E-state index is 13.2. The van der Waals surface area contributed by atoms with Gasteiger partial charge in [-0.15, -0.1) is 0 Å². The van der Waals surface area contributed by atoms with E-state index < -0.39 is 35.6 Å². The van der Waals surface area contributed by atoms with Crippen LogP contribution in [0.4, 0.5) is 4.79 Å². The van der Waals surface area contributed by atoms with E-state index in [9.17, 15) is 19.5 Å². The molecule has 0 saturated carbocycles. The number of hydrogen-bond donors (Lipinski definition) is 3. The lowest BCUT2D eigenvalue weighted by atomic mass is 9.96. The van der Waals surface area contributed by atoms with Gasteiger partial charge in [0, 0.05) is 29.6 Å². The van der Waals surface area contributed by atoms with Gasteiger partial charge in [-0.25, -0.2) is 4.79 Å². The van der Waals surface area contributed by atoms with Gasteiger partial charge < -0.3 is 20.5 Å². The van der Waals surface area contributed by atoms with E-state index in [-0.39, 0.29) is 23.2 Å². The zero-order chi connectivity index (χ0) is 26.6. The molecule has 0 aromatic heterocycles. The highest BCUT2D eigenvalue weighted by atomic mass is 35.5. The zero-order valence-corrected chi connectivity index (χ0v) is 22.2. The molecule has 8 nitrogen and oxygen atoms in total. The highest BCUT2D eigenvalue weighted by Gasteiger charge is 2.42. The molecule has 2 aromatic carbocycles. The molecule has 0 spiro atoms. The number of hydrogen-bond acceptors (Lipinski definition) is 5. The second kappa shape index (κ2) is 11.4. The third-order valence-electron chi connectivity index (χ3n) is 5.81. The largest absolute Gasteiger partial charge is 0.506 e. The third kappa shape index (κ3) is 7.04. The molecule has 1 fully saturated rings. The molecular formula is C26H31Cl2N3O5. The summed E-state index contributed by atoms with van der Waals surface area (Å²) in [7, 11) is 0. The van der Waals surface area contributed by atoms with Crippen LogP contribution in [0.2, 0.25) is 10.0 Å². The first-order chi connectivity index (χ1) is 16.9. The summed E-state index contributed by atoms with van der Waals surface area (Å²) in [6.45, 7) is 7.13. The van der Waals surface area contributed by atoms with Gasteiger partial charge in [-0.05, 0) is 51.8 Å². The van der Waals surface area contributed by atoms with Gasteiger partial charge >= 0.3 is 6.09 Å². The second-order valence-electron chi connectivity index (χ2n) is 9.84. The maximum Gasteiger partial charge on any atom is 0.410 e. The van der Waals surface area contributed by atoms with Crippen molar-refractivity contribution >= 4 is 41.1 Å². The predicted molar refractivity (Wildman–Crippen MR) is 138 cm³/mol. The minimum absolute atomic E-state index is 0.0330. The number of phenolic OH excluding ortho intramolecular Hbond substituents is 1. The molecule has 1 heterocycles. The number of rotatable bonds is 6. The summed E-state index contributed by atoms with van der Waals surface area (Å²) >= 11 is 11.9. The topological polar surface area (TPSA) is 108 Å².